The third kappa shape index (κ3) is 3.10. The molecule has 0 bridgehead atoms. The summed E-state index contributed by atoms with van der Waals surface area (Å²) in [5.74, 6) is 0.960. The lowest BCUT2D eigenvalue weighted by atomic mass is 10.2. The second-order valence-electron chi connectivity index (χ2n) is 3.44. The number of nitrogens with zero attached hydrogens (tertiary/aromatic N) is 1. The number of hydrogen-bond donors (Lipinski definition) is 1. The van der Waals surface area contributed by atoms with Gasteiger partial charge in [-0.25, -0.2) is 0 Å². The molecule has 2 rings (SSSR count). The van der Waals surface area contributed by atoms with Gasteiger partial charge in [0.1, 0.15) is 10.7 Å². The van der Waals surface area contributed by atoms with Crippen LogP contribution in [0.4, 0.5) is 0 Å². The van der Waals surface area contributed by atoms with Crippen LogP contribution in [0.5, 0.6) is 11.5 Å². The molecule has 0 radical (unpaired) electrons. The van der Waals surface area contributed by atoms with Gasteiger partial charge in [-0.1, -0.05) is 35.4 Å². The minimum atomic E-state index is 0.237. The van der Waals surface area contributed by atoms with Gasteiger partial charge < -0.3 is 10.5 Å². The molecule has 0 fully saturated rings. The van der Waals surface area contributed by atoms with Gasteiger partial charge >= 0.3 is 0 Å². The molecular formula is C12H8Cl2N2OS. The molecule has 0 saturated carbocycles. The third-order valence-corrected chi connectivity index (χ3v) is 2.77. The molecule has 1 aromatic heterocycles. The first-order valence-corrected chi connectivity index (χ1v) is 6.10. The summed E-state index contributed by atoms with van der Waals surface area (Å²) in [7, 11) is 0. The molecule has 2 N–H and O–H groups in total. The maximum Gasteiger partial charge on any atom is 0.155 e. The monoisotopic (exact) mass is 298 g/mol. The van der Waals surface area contributed by atoms with Crippen molar-refractivity contribution in [3.8, 4) is 11.5 Å². The molecule has 0 amide bonds. The van der Waals surface area contributed by atoms with Crippen LogP contribution in [-0.4, -0.2) is 9.97 Å². The lowest BCUT2D eigenvalue weighted by Crippen LogP contribution is -2.10. The lowest BCUT2D eigenvalue weighted by molar-refractivity contribution is 0.479. The maximum absolute atomic E-state index is 5.89. The zero-order chi connectivity index (χ0) is 13.1. The number of aromatic nitrogens is 1. The molecule has 3 nitrogen and oxygen atoms in total. The van der Waals surface area contributed by atoms with Crippen molar-refractivity contribution in [3.05, 3.63) is 52.3 Å². The number of halogens is 2. The van der Waals surface area contributed by atoms with E-state index in [0.717, 1.165) is 0 Å². The highest BCUT2D eigenvalue weighted by Crippen LogP contribution is 2.29. The zero-order valence-electron chi connectivity index (χ0n) is 9.06. The van der Waals surface area contributed by atoms with E-state index in [-0.39, 0.29) is 4.99 Å². The van der Waals surface area contributed by atoms with E-state index in [0.29, 0.717) is 27.1 Å². The van der Waals surface area contributed by atoms with Crippen LogP contribution in [0.15, 0.2) is 36.7 Å². The Bertz CT molecular complexity index is 584. The highest BCUT2D eigenvalue weighted by atomic mass is 35.5. The molecule has 6 heteroatoms. The predicted molar refractivity (Wildman–Crippen MR) is 76.7 cm³/mol. The van der Waals surface area contributed by atoms with Crippen molar-refractivity contribution in [1.82, 2.24) is 4.98 Å². The Hall–Kier alpha value is -1.36. The van der Waals surface area contributed by atoms with Crippen molar-refractivity contribution in [1.29, 1.82) is 0 Å². The summed E-state index contributed by atoms with van der Waals surface area (Å²) in [6, 6.07) is 6.59. The number of ether oxygens (including phenoxy) is 1. The topological polar surface area (TPSA) is 48.1 Å². The molecule has 0 atom stereocenters. The minimum Gasteiger partial charge on any atom is -0.455 e. The Morgan fingerprint density at radius 2 is 1.89 bits per heavy atom. The number of nitrogens with two attached hydrogens (primary N) is 1. The number of thiocarbonyl (C=S) groups is 1. The van der Waals surface area contributed by atoms with E-state index in [4.69, 9.17) is 45.9 Å². The van der Waals surface area contributed by atoms with Crippen molar-refractivity contribution in [2.75, 3.05) is 0 Å². The van der Waals surface area contributed by atoms with Gasteiger partial charge in [0.05, 0.1) is 11.8 Å². The van der Waals surface area contributed by atoms with Crippen LogP contribution in [0.2, 0.25) is 10.0 Å². The van der Waals surface area contributed by atoms with Crippen LogP contribution in [0.3, 0.4) is 0 Å². The van der Waals surface area contributed by atoms with Gasteiger partial charge in [-0.3, -0.25) is 4.98 Å². The average Bonchev–Trinajstić information content (AvgIpc) is 2.27. The maximum atomic E-state index is 5.89. The Kier molecular flexibility index (Phi) is 4.01. The second kappa shape index (κ2) is 5.52. The number of hydrogen-bond acceptors (Lipinski definition) is 3. The second-order valence-corrected chi connectivity index (χ2v) is 4.76. The van der Waals surface area contributed by atoms with Gasteiger partial charge in [0, 0.05) is 16.2 Å². The summed E-state index contributed by atoms with van der Waals surface area (Å²) < 4.78 is 5.63. The van der Waals surface area contributed by atoms with Gasteiger partial charge in [0.25, 0.3) is 0 Å². The summed E-state index contributed by atoms with van der Waals surface area (Å²) in [5, 5.41) is 0.969. The smallest absolute Gasteiger partial charge is 0.155 e. The van der Waals surface area contributed by atoms with Crippen LogP contribution >= 0.6 is 35.4 Å². The van der Waals surface area contributed by atoms with Gasteiger partial charge in [-0.2, -0.15) is 0 Å². The zero-order valence-corrected chi connectivity index (χ0v) is 11.4. The predicted octanol–water partition coefficient (Wildman–Crippen LogP) is 3.81. The fourth-order valence-electron chi connectivity index (χ4n) is 1.38. The number of rotatable bonds is 3. The van der Waals surface area contributed by atoms with Gasteiger partial charge in [0.15, 0.2) is 5.75 Å². The highest BCUT2D eigenvalue weighted by Gasteiger charge is 2.08. The van der Waals surface area contributed by atoms with Crippen molar-refractivity contribution < 1.29 is 4.74 Å². The molecule has 0 aliphatic heterocycles. The summed E-state index contributed by atoms with van der Waals surface area (Å²) >= 11 is 16.7. The molecule has 1 aromatic carbocycles. The van der Waals surface area contributed by atoms with E-state index >= 15 is 0 Å². The van der Waals surface area contributed by atoms with Gasteiger partial charge in [0.2, 0.25) is 0 Å². The van der Waals surface area contributed by atoms with Crippen LogP contribution in [0.25, 0.3) is 0 Å². The van der Waals surface area contributed by atoms with Crippen molar-refractivity contribution in [2.24, 2.45) is 5.73 Å². The Morgan fingerprint density at radius 3 is 2.50 bits per heavy atom. The number of pyridine rings is 1. The molecule has 18 heavy (non-hydrogen) atoms. The van der Waals surface area contributed by atoms with Crippen molar-refractivity contribution >= 4 is 40.4 Å². The normalized spacial score (nSPS) is 10.1. The molecule has 0 aliphatic carbocycles. The van der Waals surface area contributed by atoms with Gasteiger partial charge in [-0.15, -0.1) is 0 Å². The van der Waals surface area contributed by atoms with E-state index in [1.54, 1.807) is 30.5 Å². The summed E-state index contributed by atoms with van der Waals surface area (Å²) in [6.07, 6.45) is 3.12. The van der Waals surface area contributed by atoms with E-state index < -0.39 is 0 Å². The van der Waals surface area contributed by atoms with Crippen LogP contribution in [0.1, 0.15) is 5.56 Å². The molecule has 2 aromatic rings. The first kappa shape index (κ1) is 13.1. The molecule has 0 unspecified atom stereocenters. The van der Waals surface area contributed by atoms with Crippen LogP contribution in [-0.2, 0) is 0 Å². The van der Waals surface area contributed by atoms with Crippen LogP contribution in [0, 0.1) is 0 Å². The fourth-order valence-corrected chi connectivity index (χ4v) is 2.05. The minimum absolute atomic E-state index is 0.237. The van der Waals surface area contributed by atoms with Crippen molar-refractivity contribution in [2.45, 2.75) is 0 Å². The molecular weight excluding hydrogens is 291 g/mol. The van der Waals surface area contributed by atoms with E-state index in [9.17, 15) is 0 Å². The average molecular weight is 299 g/mol. The van der Waals surface area contributed by atoms with E-state index in [2.05, 4.69) is 4.98 Å². The third-order valence-electron chi connectivity index (χ3n) is 2.11. The van der Waals surface area contributed by atoms with E-state index in [1.165, 1.54) is 6.20 Å². The standard InChI is InChI=1S/C12H8Cl2N2OS/c13-7-3-8(14)5-9(4-7)17-11-6-16-2-1-10(11)12(15)18/h1-6H,(H2,15,18). The summed E-state index contributed by atoms with van der Waals surface area (Å²) in [5.41, 5.74) is 6.21. The van der Waals surface area contributed by atoms with E-state index in [1.807, 2.05) is 0 Å². The largest absolute Gasteiger partial charge is 0.455 e. The fraction of sp³-hybridized carbons (Fsp3) is 0. The Labute approximate surface area is 119 Å². The molecule has 0 aliphatic rings. The van der Waals surface area contributed by atoms with Crippen molar-refractivity contribution in [3.63, 3.8) is 0 Å². The molecule has 0 saturated heterocycles. The van der Waals surface area contributed by atoms with Gasteiger partial charge in [-0.05, 0) is 24.3 Å². The van der Waals surface area contributed by atoms with Crippen LogP contribution < -0.4 is 10.5 Å². The quantitative estimate of drug-likeness (QED) is 0.875. The molecule has 0 spiro atoms. The summed E-state index contributed by atoms with van der Waals surface area (Å²) in [6.45, 7) is 0. The summed E-state index contributed by atoms with van der Waals surface area (Å²) in [4.78, 5) is 4.20. The Balaban J connectivity index is 2.37. The SMILES string of the molecule is NC(=S)c1ccncc1Oc1cc(Cl)cc(Cl)c1. The highest BCUT2D eigenvalue weighted by molar-refractivity contribution is 7.80. The molecule has 1 heterocycles. The molecule has 92 valence electrons. The first-order chi connectivity index (χ1) is 8.56. The number of benzene rings is 1. The Morgan fingerprint density at radius 1 is 1.22 bits per heavy atom. The first-order valence-electron chi connectivity index (χ1n) is 4.94. The lowest BCUT2D eigenvalue weighted by Gasteiger charge is -2.10.